The van der Waals surface area contributed by atoms with Gasteiger partial charge < -0.3 is 19.7 Å². The lowest BCUT2D eigenvalue weighted by atomic mass is 10.0. The zero-order chi connectivity index (χ0) is 13.6. The molecule has 0 saturated carbocycles. The summed E-state index contributed by atoms with van der Waals surface area (Å²) in [6.07, 6.45) is 0.760. The summed E-state index contributed by atoms with van der Waals surface area (Å²) in [7, 11) is 0. The van der Waals surface area contributed by atoms with E-state index in [1.165, 1.54) is 0 Å². The Morgan fingerprint density at radius 2 is 2.05 bits per heavy atom. The van der Waals surface area contributed by atoms with Crippen molar-refractivity contribution < 1.29 is 14.3 Å². The van der Waals surface area contributed by atoms with Gasteiger partial charge in [0.2, 0.25) is 12.7 Å². The number of amides is 1. The molecule has 19 heavy (non-hydrogen) atoms. The van der Waals surface area contributed by atoms with E-state index in [1.807, 2.05) is 37.8 Å². The number of hydrogen-bond acceptors (Lipinski definition) is 4. The number of benzene rings is 1. The number of ether oxygens (including phenoxy) is 2. The van der Waals surface area contributed by atoms with Crippen LogP contribution in [0.4, 0.5) is 11.4 Å². The molecule has 2 heterocycles. The van der Waals surface area contributed by atoms with E-state index in [9.17, 15) is 4.79 Å². The van der Waals surface area contributed by atoms with Crippen LogP contribution >= 0.6 is 0 Å². The van der Waals surface area contributed by atoms with Crippen molar-refractivity contribution in [3.8, 4) is 11.5 Å². The van der Waals surface area contributed by atoms with Gasteiger partial charge in [-0.3, -0.25) is 4.79 Å². The van der Waals surface area contributed by atoms with Crippen molar-refractivity contribution in [3.05, 3.63) is 12.1 Å². The van der Waals surface area contributed by atoms with E-state index in [0.29, 0.717) is 5.75 Å². The first-order valence-corrected chi connectivity index (χ1v) is 6.65. The average Bonchev–Trinajstić information content (AvgIpc) is 2.82. The number of carbonyl (C=O) groups is 1. The molecule has 1 atom stereocenters. The molecular weight excluding hydrogens is 244 g/mol. The Morgan fingerprint density at radius 1 is 1.37 bits per heavy atom. The molecule has 1 N–H and O–H groups in total. The first-order valence-electron chi connectivity index (χ1n) is 6.65. The van der Waals surface area contributed by atoms with Crippen LogP contribution in [0.3, 0.4) is 0 Å². The highest BCUT2D eigenvalue weighted by molar-refractivity contribution is 6.05. The smallest absolute Gasteiger partial charge is 0.249 e. The van der Waals surface area contributed by atoms with Gasteiger partial charge in [-0.05, 0) is 20.3 Å². The third-order valence-electron chi connectivity index (χ3n) is 3.54. The molecule has 2 aliphatic heterocycles. The maximum atomic E-state index is 12.5. The molecule has 0 radical (unpaired) electrons. The quantitative estimate of drug-likeness (QED) is 0.889. The molecule has 3 rings (SSSR count). The molecule has 0 fully saturated rings. The summed E-state index contributed by atoms with van der Waals surface area (Å²) in [5, 5.41) is 3.28. The third kappa shape index (κ3) is 1.80. The van der Waals surface area contributed by atoms with Crippen LogP contribution in [0, 0.1) is 0 Å². The summed E-state index contributed by atoms with van der Waals surface area (Å²) < 4.78 is 10.8. The fourth-order valence-electron chi connectivity index (χ4n) is 2.59. The van der Waals surface area contributed by atoms with E-state index in [0.717, 1.165) is 23.5 Å². The van der Waals surface area contributed by atoms with Gasteiger partial charge in [0.25, 0.3) is 0 Å². The van der Waals surface area contributed by atoms with E-state index in [-0.39, 0.29) is 24.8 Å². The molecule has 2 aliphatic rings. The Kier molecular flexibility index (Phi) is 2.77. The summed E-state index contributed by atoms with van der Waals surface area (Å²) >= 11 is 0. The van der Waals surface area contributed by atoms with Crippen molar-refractivity contribution in [2.45, 2.75) is 39.3 Å². The fourth-order valence-corrected chi connectivity index (χ4v) is 2.59. The summed E-state index contributed by atoms with van der Waals surface area (Å²) in [6, 6.07) is 3.74. The molecule has 1 unspecified atom stereocenters. The normalized spacial score (nSPS) is 20.5. The lowest BCUT2D eigenvalue weighted by Gasteiger charge is -2.37. The van der Waals surface area contributed by atoms with Crippen LogP contribution in [-0.2, 0) is 4.79 Å². The van der Waals surface area contributed by atoms with Gasteiger partial charge in [-0.15, -0.1) is 0 Å². The standard InChI is InChI=1S/C14H18N2O3/c1-4-9-14(17)16(8(2)3)11-6-13-12(18-7-19-13)5-10(11)15-9/h5-6,8-9,15H,4,7H2,1-3H3. The van der Waals surface area contributed by atoms with Crippen LogP contribution in [0.25, 0.3) is 0 Å². The van der Waals surface area contributed by atoms with Crippen molar-refractivity contribution in [1.29, 1.82) is 0 Å². The van der Waals surface area contributed by atoms with Gasteiger partial charge in [0.05, 0.1) is 11.4 Å². The number of rotatable bonds is 2. The molecule has 0 saturated heterocycles. The predicted octanol–water partition coefficient (Wildman–Crippen LogP) is 2.36. The molecule has 1 amide bonds. The first-order chi connectivity index (χ1) is 9.11. The van der Waals surface area contributed by atoms with Crippen molar-refractivity contribution in [2.75, 3.05) is 17.0 Å². The van der Waals surface area contributed by atoms with E-state index >= 15 is 0 Å². The Hall–Kier alpha value is -1.91. The van der Waals surface area contributed by atoms with Gasteiger partial charge in [0, 0.05) is 18.2 Å². The highest BCUT2D eigenvalue weighted by Crippen LogP contribution is 2.44. The summed E-state index contributed by atoms with van der Waals surface area (Å²) in [6.45, 7) is 6.28. The van der Waals surface area contributed by atoms with Crippen LogP contribution in [0.2, 0.25) is 0 Å². The van der Waals surface area contributed by atoms with Crippen molar-refractivity contribution in [1.82, 2.24) is 0 Å². The second kappa shape index (κ2) is 4.33. The summed E-state index contributed by atoms with van der Waals surface area (Å²) in [4.78, 5) is 14.3. The molecule has 1 aromatic rings. The predicted molar refractivity (Wildman–Crippen MR) is 72.9 cm³/mol. The average molecular weight is 262 g/mol. The molecule has 5 nitrogen and oxygen atoms in total. The Bertz CT molecular complexity index is 528. The number of nitrogens with one attached hydrogen (secondary N) is 1. The van der Waals surface area contributed by atoms with E-state index in [4.69, 9.17) is 9.47 Å². The van der Waals surface area contributed by atoms with Crippen molar-refractivity contribution >= 4 is 17.3 Å². The maximum absolute atomic E-state index is 12.5. The zero-order valence-corrected chi connectivity index (χ0v) is 11.4. The number of fused-ring (bicyclic) bond motifs is 2. The highest BCUT2D eigenvalue weighted by Gasteiger charge is 2.34. The van der Waals surface area contributed by atoms with Crippen LogP contribution < -0.4 is 19.7 Å². The van der Waals surface area contributed by atoms with Crippen LogP contribution in [0.15, 0.2) is 12.1 Å². The number of nitrogens with zero attached hydrogens (tertiary/aromatic N) is 1. The molecular formula is C14H18N2O3. The Balaban J connectivity index is 2.11. The van der Waals surface area contributed by atoms with Gasteiger partial charge in [-0.2, -0.15) is 0 Å². The molecule has 5 heteroatoms. The minimum absolute atomic E-state index is 0.114. The molecule has 0 bridgehead atoms. The zero-order valence-electron chi connectivity index (χ0n) is 11.4. The van der Waals surface area contributed by atoms with Crippen LogP contribution in [-0.4, -0.2) is 24.8 Å². The van der Waals surface area contributed by atoms with Crippen LogP contribution in [0.1, 0.15) is 27.2 Å². The Labute approximate surface area is 112 Å². The number of carbonyl (C=O) groups excluding carboxylic acids is 1. The SMILES string of the molecule is CCC1Nc2cc3c(cc2N(C(C)C)C1=O)OCO3. The minimum Gasteiger partial charge on any atom is -0.454 e. The first kappa shape index (κ1) is 12.1. The van der Waals surface area contributed by atoms with Gasteiger partial charge in [0.1, 0.15) is 6.04 Å². The second-order valence-electron chi connectivity index (χ2n) is 5.13. The molecule has 0 aromatic heterocycles. The maximum Gasteiger partial charge on any atom is 0.249 e. The van der Waals surface area contributed by atoms with Crippen molar-refractivity contribution in [3.63, 3.8) is 0 Å². The third-order valence-corrected chi connectivity index (χ3v) is 3.54. The van der Waals surface area contributed by atoms with Crippen molar-refractivity contribution in [2.24, 2.45) is 0 Å². The van der Waals surface area contributed by atoms with Crippen LogP contribution in [0.5, 0.6) is 11.5 Å². The van der Waals surface area contributed by atoms with E-state index < -0.39 is 0 Å². The lowest BCUT2D eigenvalue weighted by molar-refractivity contribution is -0.120. The van der Waals surface area contributed by atoms with Gasteiger partial charge in [-0.1, -0.05) is 6.92 Å². The lowest BCUT2D eigenvalue weighted by Crippen LogP contribution is -2.49. The summed E-state index contributed by atoms with van der Waals surface area (Å²) in [5.41, 5.74) is 1.80. The minimum atomic E-state index is -0.171. The highest BCUT2D eigenvalue weighted by atomic mass is 16.7. The molecule has 0 spiro atoms. The van der Waals surface area contributed by atoms with Gasteiger partial charge in [-0.25, -0.2) is 0 Å². The summed E-state index contributed by atoms with van der Waals surface area (Å²) in [5.74, 6) is 1.55. The monoisotopic (exact) mass is 262 g/mol. The number of anilines is 2. The van der Waals surface area contributed by atoms with Gasteiger partial charge in [0.15, 0.2) is 11.5 Å². The van der Waals surface area contributed by atoms with E-state index in [2.05, 4.69) is 5.32 Å². The molecule has 0 aliphatic carbocycles. The number of hydrogen-bond donors (Lipinski definition) is 1. The van der Waals surface area contributed by atoms with Gasteiger partial charge >= 0.3 is 0 Å². The van der Waals surface area contributed by atoms with E-state index in [1.54, 1.807) is 0 Å². The fraction of sp³-hybridized carbons (Fsp3) is 0.500. The second-order valence-corrected chi connectivity index (χ2v) is 5.13. The Morgan fingerprint density at radius 3 is 2.68 bits per heavy atom. The topological polar surface area (TPSA) is 50.8 Å². The molecule has 102 valence electrons. The largest absolute Gasteiger partial charge is 0.454 e. The molecule has 1 aromatic carbocycles.